The fourth-order valence-electron chi connectivity index (χ4n) is 1.84. The highest BCUT2D eigenvalue weighted by Crippen LogP contribution is 2.12. The Balaban J connectivity index is 1.92. The van der Waals surface area contributed by atoms with Crippen LogP contribution >= 0.6 is 0 Å². The number of rotatable bonds is 5. The van der Waals surface area contributed by atoms with Crippen molar-refractivity contribution in [2.24, 2.45) is 0 Å². The number of esters is 1. The molecule has 0 atom stereocenters. The van der Waals surface area contributed by atoms with E-state index in [1.165, 1.54) is 31.2 Å². The molecule has 0 saturated carbocycles. The second kappa shape index (κ2) is 7.22. The summed E-state index contributed by atoms with van der Waals surface area (Å²) in [7, 11) is 0. The topological polar surface area (TPSA) is 92.7 Å². The molecule has 1 amide bonds. The molecule has 0 fully saturated rings. The third-order valence-electron chi connectivity index (χ3n) is 2.96. The molecule has 2 N–H and O–H groups in total. The number of benzene rings is 2. The molecule has 0 saturated heterocycles. The first-order chi connectivity index (χ1) is 11.0. The quantitative estimate of drug-likeness (QED) is 0.653. The molecule has 0 heterocycles. The molecular formula is C17H15NO5. The average molecular weight is 313 g/mol. The number of phenols is 1. The van der Waals surface area contributed by atoms with Crippen LogP contribution in [0.25, 0.3) is 0 Å². The monoisotopic (exact) mass is 313 g/mol. The third-order valence-corrected chi connectivity index (χ3v) is 2.96. The lowest BCUT2D eigenvalue weighted by molar-refractivity contribution is -0.114. The lowest BCUT2D eigenvalue weighted by Crippen LogP contribution is -2.14. The van der Waals surface area contributed by atoms with Gasteiger partial charge in [0.25, 0.3) is 0 Å². The molecule has 23 heavy (non-hydrogen) atoms. The summed E-state index contributed by atoms with van der Waals surface area (Å²) in [6.07, 6.45) is 0. The fraction of sp³-hybridized carbons (Fsp3) is 0.118. The van der Waals surface area contributed by atoms with E-state index in [-0.39, 0.29) is 29.6 Å². The maximum atomic E-state index is 12.0. The second-order valence-corrected chi connectivity index (χ2v) is 4.80. The van der Waals surface area contributed by atoms with Gasteiger partial charge in [0.1, 0.15) is 5.75 Å². The summed E-state index contributed by atoms with van der Waals surface area (Å²) in [4.78, 5) is 34.6. The number of hydrogen-bond acceptors (Lipinski definition) is 5. The van der Waals surface area contributed by atoms with Crippen molar-refractivity contribution >= 4 is 23.3 Å². The van der Waals surface area contributed by atoms with E-state index in [0.717, 1.165) is 0 Å². The number of ketones is 1. The molecular weight excluding hydrogens is 298 g/mol. The maximum Gasteiger partial charge on any atom is 0.338 e. The highest BCUT2D eigenvalue weighted by atomic mass is 16.5. The molecule has 2 aromatic carbocycles. The van der Waals surface area contributed by atoms with Crippen molar-refractivity contribution in [3.63, 3.8) is 0 Å². The van der Waals surface area contributed by atoms with Crippen molar-refractivity contribution in [2.75, 3.05) is 11.9 Å². The van der Waals surface area contributed by atoms with Crippen molar-refractivity contribution in [3.05, 3.63) is 59.7 Å². The average Bonchev–Trinajstić information content (AvgIpc) is 2.53. The van der Waals surface area contributed by atoms with Crippen molar-refractivity contribution in [1.29, 1.82) is 0 Å². The van der Waals surface area contributed by atoms with Gasteiger partial charge in [0.2, 0.25) is 5.91 Å². The number of aromatic hydroxyl groups is 1. The number of ether oxygens (including phenoxy) is 1. The Bertz CT molecular complexity index is 720. The first-order valence-electron chi connectivity index (χ1n) is 6.83. The van der Waals surface area contributed by atoms with Crippen LogP contribution in [0.5, 0.6) is 5.75 Å². The van der Waals surface area contributed by atoms with Crippen molar-refractivity contribution in [2.45, 2.75) is 6.92 Å². The minimum absolute atomic E-state index is 0.0388. The van der Waals surface area contributed by atoms with Gasteiger partial charge < -0.3 is 15.2 Å². The zero-order valence-electron chi connectivity index (χ0n) is 12.4. The van der Waals surface area contributed by atoms with Gasteiger partial charge in [-0.2, -0.15) is 0 Å². The van der Waals surface area contributed by atoms with Gasteiger partial charge in [0, 0.05) is 18.2 Å². The number of Topliss-reactive ketones (excluding diaryl/α,β-unsaturated/α-hetero) is 1. The SMILES string of the molecule is CC(=O)Nc1ccc(C(=O)COC(=O)c2ccc(O)cc2)cc1. The summed E-state index contributed by atoms with van der Waals surface area (Å²) >= 11 is 0. The van der Waals surface area contributed by atoms with Crippen molar-refractivity contribution in [1.82, 2.24) is 0 Å². The minimum atomic E-state index is -0.645. The van der Waals surface area contributed by atoms with Gasteiger partial charge in [-0.3, -0.25) is 9.59 Å². The first kappa shape index (κ1) is 16.2. The summed E-state index contributed by atoms with van der Waals surface area (Å²) in [5.74, 6) is -1.16. The van der Waals surface area contributed by atoms with E-state index < -0.39 is 5.97 Å². The van der Waals surface area contributed by atoms with E-state index >= 15 is 0 Å². The molecule has 2 aromatic rings. The van der Waals surface area contributed by atoms with E-state index in [1.54, 1.807) is 24.3 Å². The fourth-order valence-corrected chi connectivity index (χ4v) is 1.84. The molecule has 6 heteroatoms. The Morgan fingerprint density at radius 2 is 1.52 bits per heavy atom. The predicted molar refractivity (Wildman–Crippen MR) is 83.5 cm³/mol. The number of hydrogen-bond donors (Lipinski definition) is 2. The molecule has 2 rings (SSSR count). The number of carbonyl (C=O) groups is 3. The van der Waals surface area contributed by atoms with E-state index in [9.17, 15) is 14.4 Å². The molecule has 0 radical (unpaired) electrons. The van der Waals surface area contributed by atoms with E-state index in [1.807, 2.05) is 0 Å². The van der Waals surface area contributed by atoms with Gasteiger partial charge in [0.05, 0.1) is 5.56 Å². The van der Waals surface area contributed by atoms with Crippen LogP contribution in [0.1, 0.15) is 27.6 Å². The first-order valence-corrected chi connectivity index (χ1v) is 6.83. The number of anilines is 1. The van der Waals surface area contributed by atoms with Gasteiger partial charge in [0.15, 0.2) is 12.4 Å². The highest BCUT2D eigenvalue weighted by molar-refractivity contribution is 6.00. The standard InChI is InChI=1S/C17H15NO5/c1-11(19)18-14-6-2-12(3-7-14)16(21)10-23-17(22)13-4-8-15(20)9-5-13/h2-9,20H,10H2,1H3,(H,18,19). The molecule has 0 unspecified atom stereocenters. The van der Waals surface area contributed by atoms with Crippen LogP contribution in [-0.4, -0.2) is 29.4 Å². The summed E-state index contributed by atoms with van der Waals surface area (Å²) in [5, 5.41) is 11.7. The number of phenolic OH excluding ortho intramolecular Hbond substituents is 1. The Morgan fingerprint density at radius 3 is 2.09 bits per heavy atom. The lowest BCUT2D eigenvalue weighted by atomic mass is 10.1. The Kier molecular flexibility index (Phi) is 5.09. The van der Waals surface area contributed by atoms with Crippen LogP contribution in [0.3, 0.4) is 0 Å². The molecule has 0 aromatic heterocycles. The van der Waals surface area contributed by atoms with Gasteiger partial charge in [-0.05, 0) is 48.5 Å². The molecule has 118 valence electrons. The van der Waals surface area contributed by atoms with Crippen LogP contribution in [0.15, 0.2) is 48.5 Å². The van der Waals surface area contributed by atoms with Crippen molar-refractivity contribution < 1.29 is 24.2 Å². The lowest BCUT2D eigenvalue weighted by Gasteiger charge is -2.06. The van der Waals surface area contributed by atoms with Crippen LogP contribution in [0.4, 0.5) is 5.69 Å². The Labute approximate surface area is 132 Å². The van der Waals surface area contributed by atoms with Gasteiger partial charge >= 0.3 is 5.97 Å². The molecule has 0 aliphatic heterocycles. The van der Waals surface area contributed by atoms with Crippen LogP contribution in [0.2, 0.25) is 0 Å². The Morgan fingerprint density at radius 1 is 0.957 bits per heavy atom. The normalized spacial score (nSPS) is 9.96. The minimum Gasteiger partial charge on any atom is -0.508 e. The van der Waals surface area contributed by atoms with Crippen LogP contribution in [0, 0.1) is 0 Å². The zero-order valence-corrected chi connectivity index (χ0v) is 12.4. The molecule has 6 nitrogen and oxygen atoms in total. The molecule has 0 spiro atoms. The van der Waals surface area contributed by atoms with Gasteiger partial charge in [-0.25, -0.2) is 4.79 Å². The second-order valence-electron chi connectivity index (χ2n) is 4.80. The van der Waals surface area contributed by atoms with Crippen molar-refractivity contribution in [3.8, 4) is 5.75 Å². The summed E-state index contributed by atoms with van der Waals surface area (Å²) < 4.78 is 4.94. The van der Waals surface area contributed by atoms with Crippen LogP contribution in [-0.2, 0) is 9.53 Å². The third kappa shape index (κ3) is 4.67. The van der Waals surface area contributed by atoms with Crippen LogP contribution < -0.4 is 5.32 Å². The smallest absolute Gasteiger partial charge is 0.338 e. The van der Waals surface area contributed by atoms with Gasteiger partial charge in [-0.15, -0.1) is 0 Å². The maximum absolute atomic E-state index is 12.0. The molecule has 0 aliphatic rings. The number of nitrogens with one attached hydrogen (secondary N) is 1. The molecule has 0 aliphatic carbocycles. The summed E-state index contributed by atoms with van der Waals surface area (Å²) in [5.41, 5.74) is 1.20. The molecule has 0 bridgehead atoms. The summed E-state index contributed by atoms with van der Waals surface area (Å²) in [6.45, 7) is 1.00. The number of carbonyl (C=O) groups excluding carboxylic acids is 3. The van der Waals surface area contributed by atoms with E-state index in [2.05, 4.69) is 5.32 Å². The van der Waals surface area contributed by atoms with E-state index in [4.69, 9.17) is 9.84 Å². The highest BCUT2D eigenvalue weighted by Gasteiger charge is 2.12. The van der Waals surface area contributed by atoms with E-state index in [0.29, 0.717) is 11.3 Å². The zero-order chi connectivity index (χ0) is 16.8. The number of amides is 1. The largest absolute Gasteiger partial charge is 0.508 e. The predicted octanol–water partition coefficient (Wildman–Crippen LogP) is 2.39. The Hall–Kier alpha value is -3.15. The van der Waals surface area contributed by atoms with Gasteiger partial charge in [-0.1, -0.05) is 0 Å². The summed E-state index contributed by atoms with van der Waals surface area (Å²) in [6, 6.07) is 11.8.